The Labute approximate surface area is 316 Å². The lowest BCUT2D eigenvalue weighted by Gasteiger charge is -2.61. The SMILES string of the molecule is C[C@H]1[C@H]2[C@H](C[C@H]3[C@@H]4CC[C@@H]5C[C@@H](OCc6ccccc6)CC[C@]5(C)[C@H]4CC[C@]23C)O[C@@H]1CC[C@H](C)C(=O)NCc1cn(Cc2ccc(Cl)cc2)nn1. The van der Waals surface area contributed by atoms with E-state index in [1.54, 1.807) is 4.68 Å². The maximum absolute atomic E-state index is 13.1. The summed E-state index contributed by atoms with van der Waals surface area (Å²) in [6, 6.07) is 18.4. The highest BCUT2D eigenvalue weighted by molar-refractivity contribution is 6.30. The van der Waals surface area contributed by atoms with E-state index in [4.69, 9.17) is 21.1 Å². The molecule has 0 unspecified atom stereocenters. The molecule has 52 heavy (non-hydrogen) atoms. The minimum atomic E-state index is -0.0751. The first-order valence-corrected chi connectivity index (χ1v) is 20.7. The van der Waals surface area contributed by atoms with E-state index in [0.29, 0.717) is 53.0 Å². The van der Waals surface area contributed by atoms with Crippen molar-refractivity contribution in [3.8, 4) is 0 Å². The average Bonchev–Trinajstić information content (AvgIpc) is 3.82. The van der Waals surface area contributed by atoms with Crippen LogP contribution in [0.25, 0.3) is 0 Å². The zero-order valence-corrected chi connectivity index (χ0v) is 32.4. The largest absolute Gasteiger partial charge is 0.374 e. The van der Waals surface area contributed by atoms with Crippen LogP contribution in [0.2, 0.25) is 5.02 Å². The van der Waals surface area contributed by atoms with Gasteiger partial charge in [0.15, 0.2) is 0 Å². The molecule has 4 aliphatic carbocycles. The number of fused-ring (bicyclic) bond motifs is 7. The van der Waals surface area contributed by atoms with Gasteiger partial charge >= 0.3 is 0 Å². The number of rotatable bonds is 11. The Kier molecular flexibility index (Phi) is 10.3. The van der Waals surface area contributed by atoms with Crippen LogP contribution in [0.3, 0.4) is 0 Å². The Hall–Kier alpha value is -2.74. The van der Waals surface area contributed by atoms with Crippen molar-refractivity contribution in [3.05, 3.63) is 82.6 Å². The molecular weight excluding hydrogens is 668 g/mol. The highest BCUT2D eigenvalue weighted by Gasteiger charge is 2.65. The smallest absolute Gasteiger partial charge is 0.223 e. The molecule has 3 aromatic rings. The van der Waals surface area contributed by atoms with Gasteiger partial charge in [-0.05, 0) is 134 Å². The van der Waals surface area contributed by atoms with E-state index in [0.717, 1.165) is 54.4 Å². The molecule has 1 N–H and O–H groups in total. The van der Waals surface area contributed by atoms with Crippen LogP contribution in [0, 0.1) is 52.3 Å². The number of amides is 1. The summed E-state index contributed by atoms with van der Waals surface area (Å²) >= 11 is 6.01. The molecule has 12 atom stereocenters. The van der Waals surface area contributed by atoms with Gasteiger partial charge < -0.3 is 14.8 Å². The van der Waals surface area contributed by atoms with Crippen molar-refractivity contribution < 1.29 is 14.3 Å². The van der Waals surface area contributed by atoms with Crippen molar-refractivity contribution in [2.45, 2.75) is 130 Å². The van der Waals surface area contributed by atoms with Crippen LogP contribution in [0.4, 0.5) is 0 Å². The first kappa shape index (κ1) is 36.2. The van der Waals surface area contributed by atoms with Crippen LogP contribution in [0.5, 0.6) is 0 Å². The van der Waals surface area contributed by atoms with Crippen molar-refractivity contribution in [2.24, 2.45) is 52.3 Å². The van der Waals surface area contributed by atoms with E-state index in [2.05, 4.69) is 66.7 Å². The lowest BCUT2D eigenvalue weighted by molar-refractivity contribution is -0.139. The van der Waals surface area contributed by atoms with Gasteiger partial charge in [-0.3, -0.25) is 4.79 Å². The molecule has 1 amide bonds. The predicted molar refractivity (Wildman–Crippen MR) is 204 cm³/mol. The summed E-state index contributed by atoms with van der Waals surface area (Å²) < 4.78 is 15.3. The second kappa shape index (κ2) is 14.8. The molecule has 5 aliphatic rings. The molecule has 1 aliphatic heterocycles. The Morgan fingerprint density at radius 2 is 1.79 bits per heavy atom. The van der Waals surface area contributed by atoms with Crippen LogP contribution < -0.4 is 5.32 Å². The number of hydrogen-bond acceptors (Lipinski definition) is 5. The fraction of sp³-hybridized carbons (Fsp3) is 0.659. The minimum Gasteiger partial charge on any atom is -0.374 e. The van der Waals surface area contributed by atoms with Crippen LogP contribution >= 0.6 is 11.6 Å². The molecule has 4 saturated carbocycles. The van der Waals surface area contributed by atoms with Crippen molar-refractivity contribution in [2.75, 3.05) is 0 Å². The second-order valence-corrected chi connectivity index (χ2v) is 18.4. The third-order valence-corrected chi connectivity index (χ3v) is 15.4. The molecule has 280 valence electrons. The maximum atomic E-state index is 13.1. The van der Waals surface area contributed by atoms with Gasteiger partial charge in [0.25, 0.3) is 0 Å². The number of nitrogens with zero attached hydrogens (tertiary/aromatic N) is 3. The summed E-state index contributed by atoms with van der Waals surface area (Å²) in [5.74, 6) is 4.42. The fourth-order valence-corrected chi connectivity index (χ4v) is 12.5. The van der Waals surface area contributed by atoms with Crippen LogP contribution in [0.15, 0.2) is 60.8 Å². The molecule has 0 spiro atoms. The first-order chi connectivity index (χ1) is 25.1. The molecule has 7 nitrogen and oxygen atoms in total. The van der Waals surface area contributed by atoms with E-state index in [9.17, 15) is 4.79 Å². The van der Waals surface area contributed by atoms with Gasteiger partial charge in [0.05, 0.1) is 44.2 Å². The molecule has 2 aromatic carbocycles. The van der Waals surface area contributed by atoms with E-state index in [-0.39, 0.29) is 17.9 Å². The van der Waals surface area contributed by atoms with Gasteiger partial charge in [0.1, 0.15) is 5.69 Å². The molecule has 8 heteroatoms. The van der Waals surface area contributed by atoms with Crippen LogP contribution in [-0.2, 0) is 34.0 Å². The number of hydrogen-bond donors (Lipinski definition) is 1. The Morgan fingerprint density at radius 1 is 1.00 bits per heavy atom. The summed E-state index contributed by atoms with van der Waals surface area (Å²) in [5, 5.41) is 12.3. The van der Waals surface area contributed by atoms with Crippen LogP contribution in [-0.4, -0.2) is 39.2 Å². The second-order valence-electron chi connectivity index (χ2n) is 18.0. The molecule has 5 fully saturated rings. The fourth-order valence-electron chi connectivity index (χ4n) is 12.3. The molecule has 0 radical (unpaired) electrons. The van der Waals surface area contributed by atoms with Gasteiger partial charge in [0, 0.05) is 10.9 Å². The van der Waals surface area contributed by atoms with Crippen molar-refractivity contribution in [1.82, 2.24) is 20.3 Å². The zero-order chi connectivity index (χ0) is 36.0. The number of aromatic nitrogens is 3. The topological polar surface area (TPSA) is 78.3 Å². The molecule has 1 aromatic heterocycles. The normalized spacial score (nSPS) is 37.1. The van der Waals surface area contributed by atoms with E-state index in [1.165, 1.54) is 56.9 Å². The van der Waals surface area contributed by atoms with Gasteiger partial charge in [-0.1, -0.05) is 87.0 Å². The highest BCUT2D eigenvalue weighted by Crippen LogP contribution is 2.70. The summed E-state index contributed by atoms with van der Waals surface area (Å²) in [7, 11) is 0. The molecule has 2 heterocycles. The van der Waals surface area contributed by atoms with Gasteiger partial charge in [-0.25, -0.2) is 4.68 Å². The molecular formula is C44H59ClN4O3. The summed E-state index contributed by atoms with van der Waals surface area (Å²) in [6.07, 6.45) is 15.2. The maximum Gasteiger partial charge on any atom is 0.223 e. The number of ether oxygens (including phenoxy) is 2. The summed E-state index contributed by atoms with van der Waals surface area (Å²) in [6.45, 7) is 11.6. The zero-order valence-electron chi connectivity index (χ0n) is 31.7. The van der Waals surface area contributed by atoms with E-state index < -0.39 is 0 Å². The lowest BCUT2D eigenvalue weighted by atomic mass is 9.44. The van der Waals surface area contributed by atoms with Crippen LogP contribution in [0.1, 0.15) is 109 Å². The quantitative estimate of drug-likeness (QED) is 0.213. The Morgan fingerprint density at radius 3 is 2.60 bits per heavy atom. The number of carbonyl (C=O) groups excluding carboxylic acids is 1. The van der Waals surface area contributed by atoms with Crippen molar-refractivity contribution in [1.29, 1.82) is 0 Å². The third-order valence-electron chi connectivity index (χ3n) is 15.2. The highest BCUT2D eigenvalue weighted by atomic mass is 35.5. The molecule has 1 saturated heterocycles. The van der Waals surface area contributed by atoms with Gasteiger partial charge in [-0.2, -0.15) is 0 Å². The monoisotopic (exact) mass is 726 g/mol. The van der Waals surface area contributed by atoms with E-state index >= 15 is 0 Å². The minimum absolute atomic E-state index is 0.0735. The third kappa shape index (κ3) is 6.99. The van der Waals surface area contributed by atoms with Gasteiger partial charge in [-0.15, -0.1) is 5.10 Å². The molecule has 0 bridgehead atoms. The van der Waals surface area contributed by atoms with E-state index in [1.807, 2.05) is 37.4 Å². The number of carbonyl (C=O) groups is 1. The number of nitrogens with one attached hydrogen (secondary N) is 1. The Bertz CT molecular complexity index is 1680. The average molecular weight is 727 g/mol. The standard InChI is InChI=1S/C44H59ClN4O3/c1-28(42(50)46-24-34-26-49(48-47-34)25-30-11-14-33(45)15-12-30)10-17-39-29(2)41-40(52-39)23-38-36-16-13-32-22-35(51-27-31-8-6-5-7-9-31)18-20-43(32,3)37(36)19-21-44(38,41)4/h5-9,11-12,14-15,26,28-29,32,35-41H,10,13,16-25,27H2,1-4H3,(H,46,50)/t28-,29+,32+,35-,36+,37-,38-,39+,40-,41-,43-,44-/m0/s1. The predicted octanol–water partition coefficient (Wildman–Crippen LogP) is 9.27. The van der Waals surface area contributed by atoms with Crippen molar-refractivity contribution >= 4 is 17.5 Å². The molecule has 8 rings (SSSR count). The summed E-state index contributed by atoms with van der Waals surface area (Å²) in [4.78, 5) is 13.1. The summed E-state index contributed by atoms with van der Waals surface area (Å²) in [5.41, 5.74) is 3.97. The van der Waals surface area contributed by atoms with Crippen molar-refractivity contribution in [3.63, 3.8) is 0 Å². The Balaban J connectivity index is 0.811. The first-order valence-electron chi connectivity index (χ1n) is 20.3. The van der Waals surface area contributed by atoms with Gasteiger partial charge in [0.2, 0.25) is 5.91 Å². The number of halogens is 1. The lowest BCUT2D eigenvalue weighted by Crippen LogP contribution is -2.54. The number of benzene rings is 2.